The molecule has 18 heavy (non-hydrogen) atoms. The molecular formula is C10H12N6OS. The zero-order valence-electron chi connectivity index (χ0n) is 9.97. The van der Waals surface area contributed by atoms with Gasteiger partial charge in [-0.15, -0.1) is 10.2 Å². The molecule has 0 aliphatic heterocycles. The summed E-state index contributed by atoms with van der Waals surface area (Å²) in [5.74, 6) is 0.219. The van der Waals surface area contributed by atoms with Crippen LogP contribution in [0.3, 0.4) is 0 Å². The van der Waals surface area contributed by atoms with Gasteiger partial charge < -0.3 is 5.32 Å². The van der Waals surface area contributed by atoms with E-state index in [0.29, 0.717) is 10.9 Å². The minimum Gasteiger partial charge on any atom is -0.369 e. The minimum atomic E-state index is -0.349. The van der Waals surface area contributed by atoms with E-state index in [9.17, 15) is 4.79 Å². The monoisotopic (exact) mass is 264 g/mol. The predicted molar refractivity (Wildman–Crippen MR) is 68.8 cm³/mol. The molecule has 0 aliphatic carbocycles. The van der Waals surface area contributed by atoms with Crippen molar-refractivity contribution in [2.75, 3.05) is 17.2 Å². The number of amides is 1. The molecule has 0 spiro atoms. The second-order valence-electron chi connectivity index (χ2n) is 3.40. The molecule has 0 bridgehead atoms. The van der Waals surface area contributed by atoms with Gasteiger partial charge in [-0.25, -0.2) is 4.98 Å². The van der Waals surface area contributed by atoms with Crippen LogP contribution < -0.4 is 10.6 Å². The summed E-state index contributed by atoms with van der Waals surface area (Å²) in [5.41, 5.74) is 0.237. The normalized spacial score (nSPS) is 10.1. The molecule has 2 aromatic rings. The van der Waals surface area contributed by atoms with Crippen LogP contribution in [0.4, 0.5) is 10.9 Å². The van der Waals surface area contributed by atoms with E-state index in [-0.39, 0.29) is 11.6 Å². The second-order valence-corrected chi connectivity index (χ2v) is 4.58. The lowest BCUT2D eigenvalue weighted by molar-refractivity contribution is 0.102. The molecule has 2 N–H and O–H groups in total. The van der Waals surface area contributed by atoms with E-state index in [2.05, 4.69) is 30.8 Å². The maximum absolute atomic E-state index is 11.9. The van der Waals surface area contributed by atoms with Crippen molar-refractivity contribution in [3.05, 3.63) is 23.1 Å². The van der Waals surface area contributed by atoms with E-state index in [1.165, 1.54) is 17.5 Å². The standard InChI is InChI=1S/C10H12N6OS/c1-3-12-8-5-11-4-7(13-8)9(17)14-10-16-15-6(2)18-10/h4-5H,3H2,1-2H3,(H,12,13)(H,14,16,17). The molecule has 2 aromatic heterocycles. The van der Waals surface area contributed by atoms with Gasteiger partial charge in [0, 0.05) is 6.54 Å². The molecule has 0 unspecified atom stereocenters. The van der Waals surface area contributed by atoms with Gasteiger partial charge in [-0.1, -0.05) is 11.3 Å². The van der Waals surface area contributed by atoms with Crippen LogP contribution in [0.15, 0.2) is 12.4 Å². The Morgan fingerprint density at radius 3 is 2.89 bits per heavy atom. The molecule has 0 fully saturated rings. The van der Waals surface area contributed by atoms with Crippen LogP contribution in [0.25, 0.3) is 0 Å². The van der Waals surface area contributed by atoms with Crippen LogP contribution >= 0.6 is 11.3 Å². The molecule has 1 amide bonds. The molecule has 0 atom stereocenters. The lowest BCUT2D eigenvalue weighted by Crippen LogP contribution is -2.15. The molecule has 7 nitrogen and oxygen atoms in total. The van der Waals surface area contributed by atoms with Crippen molar-refractivity contribution in [2.24, 2.45) is 0 Å². The summed E-state index contributed by atoms with van der Waals surface area (Å²) in [6.07, 6.45) is 2.97. The van der Waals surface area contributed by atoms with Gasteiger partial charge in [0.25, 0.3) is 5.91 Å². The van der Waals surface area contributed by atoms with E-state index in [1.807, 2.05) is 13.8 Å². The quantitative estimate of drug-likeness (QED) is 0.865. The molecule has 8 heteroatoms. The Morgan fingerprint density at radius 2 is 2.22 bits per heavy atom. The van der Waals surface area contributed by atoms with Crippen molar-refractivity contribution in [3.63, 3.8) is 0 Å². The maximum atomic E-state index is 11.9. The Hall–Kier alpha value is -2.09. The number of aromatic nitrogens is 4. The first-order valence-electron chi connectivity index (χ1n) is 5.36. The van der Waals surface area contributed by atoms with Crippen LogP contribution in [0.5, 0.6) is 0 Å². The summed E-state index contributed by atoms with van der Waals surface area (Å²) in [5, 5.41) is 14.5. The first-order chi connectivity index (χ1) is 8.69. The van der Waals surface area contributed by atoms with E-state index >= 15 is 0 Å². The minimum absolute atomic E-state index is 0.237. The summed E-state index contributed by atoms with van der Waals surface area (Å²) in [6.45, 7) is 4.48. The van der Waals surface area contributed by atoms with Crippen molar-refractivity contribution in [1.82, 2.24) is 20.2 Å². The van der Waals surface area contributed by atoms with E-state index < -0.39 is 0 Å². The Labute approximate surface area is 108 Å². The van der Waals surface area contributed by atoms with Crippen LogP contribution in [0.1, 0.15) is 22.4 Å². The first kappa shape index (κ1) is 12.4. The molecule has 0 saturated carbocycles. The number of anilines is 2. The molecule has 0 radical (unpaired) electrons. The third-order valence-corrected chi connectivity index (χ3v) is 2.73. The van der Waals surface area contributed by atoms with E-state index in [0.717, 1.165) is 11.6 Å². The summed E-state index contributed by atoms with van der Waals surface area (Å²) >= 11 is 1.31. The Kier molecular flexibility index (Phi) is 3.78. The average Bonchev–Trinajstić information content (AvgIpc) is 2.75. The van der Waals surface area contributed by atoms with Gasteiger partial charge in [0.05, 0.1) is 12.4 Å². The molecule has 2 heterocycles. The highest BCUT2D eigenvalue weighted by atomic mass is 32.1. The molecule has 2 rings (SSSR count). The van der Waals surface area contributed by atoms with Gasteiger partial charge in [0.15, 0.2) is 0 Å². The average molecular weight is 264 g/mol. The third-order valence-electron chi connectivity index (χ3n) is 1.97. The molecule has 0 saturated heterocycles. The number of hydrogen-bond acceptors (Lipinski definition) is 7. The van der Waals surface area contributed by atoms with Gasteiger partial charge in [-0.3, -0.25) is 15.1 Å². The van der Waals surface area contributed by atoms with E-state index in [1.54, 1.807) is 6.20 Å². The molecule has 94 valence electrons. The second kappa shape index (κ2) is 5.50. The Bertz CT molecular complexity index is 555. The SMILES string of the molecule is CCNc1cncc(C(=O)Nc2nnc(C)s2)n1. The highest BCUT2D eigenvalue weighted by molar-refractivity contribution is 7.15. The van der Waals surface area contributed by atoms with Crippen molar-refractivity contribution >= 4 is 28.2 Å². The maximum Gasteiger partial charge on any atom is 0.277 e. The number of hydrogen-bond donors (Lipinski definition) is 2. The molecule has 0 aliphatic rings. The highest BCUT2D eigenvalue weighted by Gasteiger charge is 2.11. The molecule has 0 aromatic carbocycles. The smallest absolute Gasteiger partial charge is 0.277 e. The van der Waals surface area contributed by atoms with Crippen LogP contribution in [-0.4, -0.2) is 32.6 Å². The third kappa shape index (κ3) is 2.98. The van der Waals surface area contributed by atoms with Crippen molar-refractivity contribution in [2.45, 2.75) is 13.8 Å². The Morgan fingerprint density at radius 1 is 1.39 bits per heavy atom. The number of nitrogens with one attached hydrogen (secondary N) is 2. The fourth-order valence-corrected chi connectivity index (χ4v) is 1.84. The molecular weight excluding hydrogens is 252 g/mol. The first-order valence-corrected chi connectivity index (χ1v) is 6.18. The number of aryl methyl sites for hydroxylation is 1. The summed E-state index contributed by atoms with van der Waals surface area (Å²) in [6, 6.07) is 0. The van der Waals surface area contributed by atoms with Gasteiger partial charge in [-0.2, -0.15) is 0 Å². The van der Waals surface area contributed by atoms with Crippen molar-refractivity contribution < 1.29 is 4.79 Å². The topological polar surface area (TPSA) is 92.7 Å². The lowest BCUT2D eigenvalue weighted by atomic mass is 10.4. The van der Waals surface area contributed by atoms with Crippen LogP contribution in [0, 0.1) is 6.92 Å². The number of rotatable bonds is 4. The highest BCUT2D eigenvalue weighted by Crippen LogP contribution is 2.14. The van der Waals surface area contributed by atoms with Gasteiger partial charge in [0.1, 0.15) is 16.5 Å². The zero-order valence-corrected chi connectivity index (χ0v) is 10.8. The van der Waals surface area contributed by atoms with Gasteiger partial charge in [0.2, 0.25) is 5.13 Å². The van der Waals surface area contributed by atoms with E-state index in [4.69, 9.17) is 0 Å². The summed E-state index contributed by atoms with van der Waals surface area (Å²) in [4.78, 5) is 20.0. The van der Waals surface area contributed by atoms with Crippen LogP contribution in [-0.2, 0) is 0 Å². The predicted octanol–water partition coefficient (Wildman–Crippen LogP) is 1.32. The number of carbonyl (C=O) groups excluding carboxylic acids is 1. The summed E-state index contributed by atoms with van der Waals surface area (Å²) < 4.78 is 0. The fraction of sp³-hybridized carbons (Fsp3) is 0.300. The van der Waals surface area contributed by atoms with Gasteiger partial charge in [-0.05, 0) is 13.8 Å². The Balaban J connectivity index is 2.11. The number of nitrogens with zero attached hydrogens (tertiary/aromatic N) is 4. The summed E-state index contributed by atoms with van der Waals surface area (Å²) in [7, 11) is 0. The largest absolute Gasteiger partial charge is 0.369 e. The van der Waals surface area contributed by atoms with Crippen LogP contribution in [0.2, 0.25) is 0 Å². The fourth-order valence-electron chi connectivity index (χ4n) is 1.25. The zero-order chi connectivity index (χ0) is 13.0. The van der Waals surface area contributed by atoms with Crippen molar-refractivity contribution in [3.8, 4) is 0 Å². The number of carbonyl (C=O) groups is 1. The lowest BCUT2D eigenvalue weighted by Gasteiger charge is -2.03. The van der Waals surface area contributed by atoms with Gasteiger partial charge >= 0.3 is 0 Å². The van der Waals surface area contributed by atoms with Crippen molar-refractivity contribution in [1.29, 1.82) is 0 Å².